The zero-order valence-corrected chi connectivity index (χ0v) is 16.7. The molecule has 0 radical (unpaired) electrons. The summed E-state index contributed by atoms with van der Waals surface area (Å²) in [5.41, 5.74) is 4.00. The number of H-pyrrole nitrogens is 1. The molecule has 0 saturated carbocycles. The van der Waals surface area contributed by atoms with E-state index in [4.69, 9.17) is 9.47 Å². The third-order valence-corrected chi connectivity index (χ3v) is 5.55. The van der Waals surface area contributed by atoms with E-state index in [-0.39, 0.29) is 5.56 Å². The van der Waals surface area contributed by atoms with Gasteiger partial charge in [0.15, 0.2) is 11.5 Å². The van der Waals surface area contributed by atoms with Crippen LogP contribution < -0.4 is 15.0 Å². The highest BCUT2D eigenvalue weighted by molar-refractivity contribution is 7.17. The molecular weight excluding hydrogens is 372 g/mol. The third kappa shape index (κ3) is 3.39. The number of nitrogens with zero attached hydrogens (tertiary/aromatic N) is 1. The second kappa shape index (κ2) is 7.48. The molecule has 0 atom stereocenters. The molecule has 5 nitrogen and oxygen atoms in total. The molecular formula is C22H20N2O3S. The predicted octanol–water partition coefficient (Wildman–Crippen LogP) is 4.57. The van der Waals surface area contributed by atoms with Gasteiger partial charge in [-0.15, -0.1) is 11.3 Å². The van der Waals surface area contributed by atoms with Gasteiger partial charge in [0.25, 0.3) is 5.56 Å². The molecule has 2 aromatic carbocycles. The molecule has 0 amide bonds. The first kappa shape index (κ1) is 18.3. The smallest absolute Gasteiger partial charge is 0.260 e. The van der Waals surface area contributed by atoms with Crippen LogP contribution in [-0.2, 0) is 6.42 Å². The summed E-state index contributed by atoms with van der Waals surface area (Å²) < 4.78 is 10.6. The first-order valence-corrected chi connectivity index (χ1v) is 9.75. The zero-order chi connectivity index (χ0) is 19.7. The highest BCUT2D eigenvalue weighted by Crippen LogP contribution is 2.31. The third-order valence-electron chi connectivity index (χ3n) is 4.68. The molecule has 0 bridgehead atoms. The van der Waals surface area contributed by atoms with Crippen LogP contribution >= 0.6 is 11.3 Å². The average Bonchev–Trinajstić information content (AvgIpc) is 3.13. The van der Waals surface area contributed by atoms with E-state index in [1.807, 2.05) is 54.8 Å². The lowest BCUT2D eigenvalue weighted by Gasteiger charge is -2.09. The quantitative estimate of drug-likeness (QED) is 0.540. The molecule has 142 valence electrons. The van der Waals surface area contributed by atoms with E-state index in [2.05, 4.69) is 9.97 Å². The van der Waals surface area contributed by atoms with Crippen molar-refractivity contribution in [3.05, 3.63) is 75.1 Å². The van der Waals surface area contributed by atoms with Crippen LogP contribution in [0, 0.1) is 6.92 Å². The van der Waals surface area contributed by atoms with Gasteiger partial charge in [0.05, 0.1) is 19.6 Å². The lowest BCUT2D eigenvalue weighted by Crippen LogP contribution is -2.11. The first-order valence-electron chi connectivity index (χ1n) is 8.87. The fraction of sp³-hybridized carbons (Fsp3) is 0.182. The van der Waals surface area contributed by atoms with Gasteiger partial charge < -0.3 is 14.5 Å². The van der Waals surface area contributed by atoms with Crippen LogP contribution in [0.1, 0.15) is 17.0 Å². The minimum Gasteiger partial charge on any atom is -0.493 e. The lowest BCUT2D eigenvalue weighted by molar-refractivity contribution is 0.354. The molecule has 4 aromatic rings. The van der Waals surface area contributed by atoms with Gasteiger partial charge in [0, 0.05) is 17.4 Å². The molecule has 0 aliphatic carbocycles. The van der Waals surface area contributed by atoms with Crippen LogP contribution in [0.15, 0.2) is 52.6 Å². The second-order valence-corrected chi connectivity index (χ2v) is 7.43. The minimum absolute atomic E-state index is 0.114. The minimum atomic E-state index is -0.114. The van der Waals surface area contributed by atoms with Gasteiger partial charge in [-0.25, -0.2) is 4.98 Å². The van der Waals surface area contributed by atoms with Crippen molar-refractivity contribution in [1.82, 2.24) is 9.97 Å². The zero-order valence-electron chi connectivity index (χ0n) is 15.9. The summed E-state index contributed by atoms with van der Waals surface area (Å²) >= 11 is 1.49. The molecule has 2 heterocycles. The van der Waals surface area contributed by atoms with Crippen molar-refractivity contribution in [3.8, 4) is 22.6 Å². The van der Waals surface area contributed by atoms with Crippen molar-refractivity contribution >= 4 is 21.6 Å². The maximum atomic E-state index is 12.8. The fourth-order valence-corrected chi connectivity index (χ4v) is 4.17. The molecule has 28 heavy (non-hydrogen) atoms. The maximum absolute atomic E-state index is 12.8. The lowest BCUT2D eigenvalue weighted by atomic mass is 10.0. The number of hydrogen-bond acceptors (Lipinski definition) is 5. The Morgan fingerprint density at radius 2 is 1.79 bits per heavy atom. The van der Waals surface area contributed by atoms with E-state index >= 15 is 0 Å². The van der Waals surface area contributed by atoms with Crippen LogP contribution in [0.2, 0.25) is 0 Å². The Morgan fingerprint density at radius 1 is 1.04 bits per heavy atom. The summed E-state index contributed by atoms with van der Waals surface area (Å²) in [5.74, 6) is 1.95. The molecule has 4 rings (SSSR count). The summed E-state index contributed by atoms with van der Waals surface area (Å²) in [6.07, 6.45) is 0.503. The maximum Gasteiger partial charge on any atom is 0.260 e. The van der Waals surface area contributed by atoms with E-state index in [1.54, 1.807) is 14.2 Å². The molecule has 0 spiro atoms. The first-order chi connectivity index (χ1) is 13.6. The van der Waals surface area contributed by atoms with Gasteiger partial charge in [0.2, 0.25) is 0 Å². The van der Waals surface area contributed by atoms with Crippen LogP contribution in [0.25, 0.3) is 21.3 Å². The number of benzene rings is 2. The fourth-order valence-electron chi connectivity index (χ4n) is 3.21. The molecule has 0 unspecified atom stereocenters. The Morgan fingerprint density at radius 3 is 2.50 bits per heavy atom. The van der Waals surface area contributed by atoms with E-state index in [0.717, 1.165) is 21.5 Å². The van der Waals surface area contributed by atoms with Crippen LogP contribution in [0.5, 0.6) is 11.5 Å². The number of hydrogen-bond donors (Lipinski definition) is 1. The molecule has 1 N–H and O–H groups in total. The van der Waals surface area contributed by atoms with Crippen molar-refractivity contribution in [3.63, 3.8) is 0 Å². The van der Waals surface area contributed by atoms with Crippen molar-refractivity contribution in [2.45, 2.75) is 13.3 Å². The van der Waals surface area contributed by atoms with Crippen molar-refractivity contribution in [1.29, 1.82) is 0 Å². The number of nitrogens with one attached hydrogen (secondary N) is 1. The van der Waals surface area contributed by atoms with E-state index in [1.165, 1.54) is 16.9 Å². The number of thiophene rings is 1. The van der Waals surface area contributed by atoms with Crippen LogP contribution in [0.4, 0.5) is 0 Å². The van der Waals surface area contributed by atoms with E-state index < -0.39 is 0 Å². The second-order valence-electron chi connectivity index (χ2n) is 6.57. The number of methoxy groups -OCH3 is 2. The van der Waals surface area contributed by atoms with E-state index in [9.17, 15) is 4.79 Å². The predicted molar refractivity (Wildman–Crippen MR) is 113 cm³/mol. The Bertz CT molecular complexity index is 1190. The number of fused-ring (bicyclic) bond motifs is 1. The van der Waals surface area contributed by atoms with Gasteiger partial charge in [-0.3, -0.25) is 4.79 Å². The Balaban J connectivity index is 1.71. The Hall–Kier alpha value is -3.12. The van der Waals surface area contributed by atoms with E-state index in [0.29, 0.717) is 29.1 Å². The molecule has 2 aromatic heterocycles. The largest absolute Gasteiger partial charge is 0.493 e. The summed E-state index contributed by atoms with van der Waals surface area (Å²) in [6.45, 7) is 2.05. The van der Waals surface area contributed by atoms with Crippen molar-refractivity contribution < 1.29 is 9.47 Å². The summed E-state index contributed by atoms with van der Waals surface area (Å²) in [5, 5.41) is 2.64. The standard InChI is InChI=1S/C22H20N2O3S/c1-13-4-7-15(8-5-13)16-12-28-22-20(16)21(25)23-19(24-22)11-14-6-9-17(26-2)18(10-14)27-3/h4-10,12H,11H2,1-3H3,(H,23,24,25). The van der Waals surface area contributed by atoms with Crippen LogP contribution in [0.3, 0.4) is 0 Å². The van der Waals surface area contributed by atoms with Gasteiger partial charge >= 0.3 is 0 Å². The summed E-state index contributed by atoms with van der Waals surface area (Å²) in [4.78, 5) is 21.2. The van der Waals surface area contributed by atoms with Gasteiger partial charge in [-0.2, -0.15) is 0 Å². The topological polar surface area (TPSA) is 64.2 Å². The highest BCUT2D eigenvalue weighted by Gasteiger charge is 2.14. The summed E-state index contributed by atoms with van der Waals surface area (Å²) in [6, 6.07) is 13.9. The molecule has 0 aliphatic rings. The summed E-state index contributed by atoms with van der Waals surface area (Å²) in [7, 11) is 3.21. The highest BCUT2D eigenvalue weighted by atomic mass is 32.1. The normalized spacial score (nSPS) is 11.0. The monoisotopic (exact) mass is 392 g/mol. The average molecular weight is 392 g/mol. The Labute approximate surface area is 166 Å². The van der Waals surface area contributed by atoms with Crippen molar-refractivity contribution in [2.24, 2.45) is 0 Å². The van der Waals surface area contributed by atoms with Gasteiger partial charge in [-0.1, -0.05) is 35.9 Å². The van der Waals surface area contributed by atoms with Crippen LogP contribution in [-0.4, -0.2) is 24.2 Å². The number of aromatic nitrogens is 2. The number of ether oxygens (including phenoxy) is 2. The molecule has 0 fully saturated rings. The Kier molecular flexibility index (Phi) is 4.88. The molecule has 6 heteroatoms. The number of aromatic amines is 1. The van der Waals surface area contributed by atoms with Gasteiger partial charge in [0.1, 0.15) is 10.7 Å². The van der Waals surface area contributed by atoms with Crippen molar-refractivity contribution in [2.75, 3.05) is 14.2 Å². The SMILES string of the molecule is COc1ccc(Cc2nc3scc(-c4ccc(C)cc4)c3c(=O)[nH]2)cc1OC. The molecule has 0 saturated heterocycles. The number of rotatable bonds is 5. The van der Waals surface area contributed by atoms with Gasteiger partial charge in [-0.05, 0) is 30.2 Å². The molecule has 0 aliphatic heterocycles. The number of aryl methyl sites for hydroxylation is 1.